The molecule has 0 amide bonds. The van der Waals surface area contributed by atoms with Crippen molar-refractivity contribution < 1.29 is 4.42 Å². The number of nitrogens with one attached hydrogen (secondary N) is 1. The van der Waals surface area contributed by atoms with Crippen molar-refractivity contribution in [2.75, 3.05) is 5.32 Å². The van der Waals surface area contributed by atoms with Crippen molar-refractivity contribution in [2.45, 2.75) is 13.5 Å². The summed E-state index contributed by atoms with van der Waals surface area (Å²) in [6.07, 6.45) is 1.83. The molecule has 0 aliphatic carbocycles. The Hall–Kier alpha value is -2.29. The molecular weight excluding hydrogens is 224 g/mol. The summed E-state index contributed by atoms with van der Waals surface area (Å²) in [6, 6.07) is 14.1. The molecule has 3 aromatic rings. The predicted molar refractivity (Wildman–Crippen MR) is 72.5 cm³/mol. The fourth-order valence-electron chi connectivity index (χ4n) is 1.89. The van der Waals surface area contributed by atoms with Gasteiger partial charge in [0.05, 0.1) is 18.4 Å². The molecule has 2 aromatic heterocycles. The zero-order valence-electron chi connectivity index (χ0n) is 10.2. The molecule has 1 aromatic carbocycles. The number of para-hydroxylation sites is 1. The lowest BCUT2D eigenvalue weighted by Gasteiger charge is -2.03. The van der Waals surface area contributed by atoms with Gasteiger partial charge in [-0.2, -0.15) is 0 Å². The molecule has 0 unspecified atom stereocenters. The van der Waals surface area contributed by atoms with Crippen LogP contribution in [0.25, 0.3) is 11.0 Å². The largest absolute Gasteiger partial charge is 0.459 e. The topological polar surface area (TPSA) is 38.1 Å². The van der Waals surface area contributed by atoms with Gasteiger partial charge in [-0.25, -0.2) is 0 Å². The van der Waals surface area contributed by atoms with E-state index >= 15 is 0 Å². The third-order valence-corrected chi connectivity index (χ3v) is 2.85. The molecule has 90 valence electrons. The van der Waals surface area contributed by atoms with Gasteiger partial charge in [0, 0.05) is 11.1 Å². The highest BCUT2D eigenvalue weighted by molar-refractivity contribution is 5.77. The Labute approximate surface area is 105 Å². The molecule has 0 aliphatic rings. The molecule has 0 spiro atoms. The molecule has 0 aliphatic heterocycles. The quantitative estimate of drug-likeness (QED) is 0.755. The first-order valence-electron chi connectivity index (χ1n) is 5.95. The summed E-state index contributed by atoms with van der Waals surface area (Å²) in [7, 11) is 0. The first kappa shape index (κ1) is 10.8. The van der Waals surface area contributed by atoms with Crippen LogP contribution in [-0.4, -0.2) is 4.98 Å². The van der Waals surface area contributed by atoms with Crippen LogP contribution >= 0.6 is 0 Å². The highest BCUT2D eigenvalue weighted by atomic mass is 16.3. The van der Waals surface area contributed by atoms with E-state index in [9.17, 15) is 0 Å². The van der Waals surface area contributed by atoms with Crippen molar-refractivity contribution in [3.63, 3.8) is 0 Å². The standard InChI is InChI=1S/C15H14N2O/c1-11-6-7-13(9-16-11)17-10-14-8-12-4-2-3-5-15(12)18-14/h2-9,17H,10H2,1H3. The Morgan fingerprint density at radius 2 is 2.06 bits per heavy atom. The highest BCUT2D eigenvalue weighted by Crippen LogP contribution is 2.19. The van der Waals surface area contributed by atoms with Gasteiger partial charge >= 0.3 is 0 Å². The predicted octanol–water partition coefficient (Wildman–Crippen LogP) is 3.75. The molecular formula is C15H14N2O. The SMILES string of the molecule is Cc1ccc(NCc2cc3ccccc3o2)cn1. The number of fused-ring (bicyclic) bond motifs is 1. The second kappa shape index (κ2) is 4.53. The average Bonchev–Trinajstić information content (AvgIpc) is 2.81. The van der Waals surface area contributed by atoms with E-state index in [1.807, 2.05) is 43.5 Å². The molecule has 3 heteroatoms. The fourth-order valence-corrected chi connectivity index (χ4v) is 1.89. The van der Waals surface area contributed by atoms with Gasteiger partial charge in [0.15, 0.2) is 0 Å². The second-order valence-corrected chi connectivity index (χ2v) is 4.29. The molecule has 0 saturated heterocycles. The van der Waals surface area contributed by atoms with Gasteiger partial charge in [-0.05, 0) is 31.2 Å². The van der Waals surface area contributed by atoms with Gasteiger partial charge in [0.1, 0.15) is 11.3 Å². The van der Waals surface area contributed by atoms with E-state index in [0.29, 0.717) is 6.54 Å². The first-order chi connectivity index (χ1) is 8.81. The van der Waals surface area contributed by atoms with Crippen LogP contribution in [0.1, 0.15) is 11.5 Å². The zero-order chi connectivity index (χ0) is 12.4. The van der Waals surface area contributed by atoms with E-state index < -0.39 is 0 Å². The van der Waals surface area contributed by atoms with Gasteiger partial charge in [0.25, 0.3) is 0 Å². The highest BCUT2D eigenvalue weighted by Gasteiger charge is 2.02. The number of pyridine rings is 1. The molecule has 18 heavy (non-hydrogen) atoms. The number of nitrogens with zero attached hydrogens (tertiary/aromatic N) is 1. The van der Waals surface area contributed by atoms with E-state index in [1.165, 1.54) is 0 Å². The van der Waals surface area contributed by atoms with Crippen LogP contribution < -0.4 is 5.32 Å². The van der Waals surface area contributed by atoms with Crippen LogP contribution in [0, 0.1) is 6.92 Å². The third-order valence-electron chi connectivity index (χ3n) is 2.85. The molecule has 1 N–H and O–H groups in total. The van der Waals surface area contributed by atoms with Crippen molar-refractivity contribution in [2.24, 2.45) is 0 Å². The van der Waals surface area contributed by atoms with E-state index in [1.54, 1.807) is 0 Å². The summed E-state index contributed by atoms with van der Waals surface area (Å²) < 4.78 is 5.73. The molecule has 0 saturated carbocycles. The Bertz CT molecular complexity index is 623. The minimum atomic E-state index is 0.666. The van der Waals surface area contributed by atoms with Crippen molar-refractivity contribution in [3.05, 3.63) is 60.1 Å². The van der Waals surface area contributed by atoms with E-state index in [0.717, 1.165) is 28.1 Å². The van der Waals surface area contributed by atoms with Gasteiger partial charge in [0.2, 0.25) is 0 Å². The summed E-state index contributed by atoms with van der Waals surface area (Å²) >= 11 is 0. The number of aryl methyl sites for hydroxylation is 1. The molecule has 2 heterocycles. The lowest BCUT2D eigenvalue weighted by Crippen LogP contribution is -1.98. The molecule has 3 rings (SSSR count). The van der Waals surface area contributed by atoms with Crippen LogP contribution in [0.15, 0.2) is 53.1 Å². The number of benzene rings is 1. The van der Waals surface area contributed by atoms with E-state index in [4.69, 9.17) is 4.42 Å². The van der Waals surface area contributed by atoms with Gasteiger partial charge in [-0.1, -0.05) is 18.2 Å². The lowest BCUT2D eigenvalue weighted by molar-refractivity contribution is 0.559. The number of aromatic nitrogens is 1. The van der Waals surface area contributed by atoms with E-state index in [2.05, 4.69) is 22.4 Å². The maximum absolute atomic E-state index is 5.73. The molecule has 0 fully saturated rings. The smallest absolute Gasteiger partial charge is 0.134 e. The fraction of sp³-hybridized carbons (Fsp3) is 0.133. The van der Waals surface area contributed by atoms with Gasteiger partial charge in [-0.3, -0.25) is 4.98 Å². The van der Waals surface area contributed by atoms with Crippen LogP contribution in [-0.2, 0) is 6.54 Å². The third kappa shape index (κ3) is 2.20. The van der Waals surface area contributed by atoms with E-state index in [-0.39, 0.29) is 0 Å². The molecule has 3 nitrogen and oxygen atoms in total. The second-order valence-electron chi connectivity index (χ2n) is 4.29. The van der Waals surface area contributed by atoms with Crippen molar-refractivity contribution >= 4 is 16.7 Å². The zero-order valence-corrected chi connectivity index (χ0v) is 10.2. The molecule has 0 bridgehead atoms. The number of anilines is 1. The maximum Gasteiger partial charge on any atom is 0.134 e. The van der Waals surface area contributed by atoms with Crippen LogP contribution in [0.5, 0.6) is 0 Å². The summed E-state index contributed by atoms with van der Waals surface area (Å²) in [4.78, 5) is 4.24. The van der Waals surface area contributed by atoms with Crippen molar-refractivity contribution in [1.82, 2.24) is 4.98 Å². The summed E-state index contributed by atoms with van der Waals surface area (Å²) in [5, 5.41) is 4.43. The number of hydrogen-bond acceptors (Lipinski definition) is 3. The van der Waals surface area contributed by atoms with Gasteiger partial charge < -0.3 is 9.73 Å². The molecule has 0 atom stereocenters. The Morgan fingerprint density at radius 1 is 1.17 bits per heavy atom. The van der Waals surface area contributed by atoms with Crippen LogP contribution in [0.2, 0.25) is 0 Å². The lowest BCUT2D eigenvalue weighted by atomic mass is 10.2. The Kier molecular flexibility index (Phi) is 2.73. The summed E-state index contributed by atoms with van der Waals surface area (Å²) in [5.41, 5.74) is 2.95. The Morgan fingerprint density at radius 3 is 2.83 bits per heavy atom. The number of hydrogen-bond donors (Lipinski definition) is 1. The normalized spacial score (nSPS) is 10.7. The maximum atomic E-state index is 5.73. The Balaban J connectivity index is 1.74. The summed E-state index contributed by atoms with van der Waals surface area (Å²) in [5.74, 6) is 0.928. The average molecular weight is 238 g/mol. The number of furan rings is 1. The minimum absolute atomic E-state index is 0.666. The monoisotopic (exact) mass is 238 g/mol. The number of rotatable bonds is 3. The molecule has 0 radical (unpaired) electrons. The minimum Gasteiger partial charge on any atom is -0.459 e. The van der Waals surface area contributed by atoms with Crippen LogP contribution in [0.3, 0.4) is 0 Å². The van der Waals surface area contributed by atoms with Crippen LogP contribution in [0.4, 0.5) is 5.69 Å². The summed E-state index contributed by atoms with van der Waals surface area (Å²) in [6.45, 7) is 2.64. The van der Waals surface area contributed by atoms with Gasteiger partial charge in [-0.15, -0.1) is 0 Å². The first-order valence-corrected chi connectivity index (χ1v) is 5.95. The van der Waals surface area contributed by atoms with Crippen molar-refractivity contribution in [1.29, 1.82) is 0 Å². The van der Waals surface area contributed by atoms with Crippen molar-refractivity contribution in [3.8, 4) is 0 Å².